The Morgan fingerprint density at radius 1 is 1.26 bits per heavy atom. The number of sulfonamides is 1. The number of halogens is 1. The van der Waals surface area contributed by atoms with Crippen LogP contribution < -0.4 is 0 Å². The molecule has 1 saturated heterocycles. The summed E-state index contributed by atoms with van der Waals surface area (Å²) in [4.78, 5) is 6.53. The minimum atomic E-state index is -3.51. The zero-order chi connectivity index (χ0) is 16.4. The molecule has 1 fully saturated rings. The van der Waals surface area contributed by atoms with Crippen LogP contribution in [0.25, 0.3) is 0 Å². The van der Waals surface area contributed by atoms with Gasteiger partial charge in [-0.2, -0.15) is 9.40 Å². The second kappa shape index (κ2) is 6.56. The number of aromatic amines is 1. The van der Waals surface area contributed by atoms with Crippen LogP contribution in [-0.2, 0) is 16.6 Å². The highest BCUT2D eigenvalue weighted by atomic mass is 35.5. The van der Waals surface area contributed by atoms with Crippen LogP contribution in [0.2, 0.25) is 5.02 Å². The first-order chi connectivity index (χ1) is 11.0. The van der Waals surface area contributed by atoms with E-state index in [0.29, 0.717) is 43.3 Å². The van der Waals surface area contributed by atoms with Gasteiger partial charge in [-0.25, -0.2) is 13.4 Å². The summed E-state index contributed by atoms with van der Waals surface area (Å²) in [5.41, 5.74) is 0.596. The molecule has 1 aliphatic rings. The number of rotatable bonds is 4. The van der Waals surface area contributed by atoms with Crippen LogP contribution in [0, 0.1) is 6.92 Å². The summed E-state index contributed by atoms with van der Waals surface area (Å²) in [6, 6.07) is 4.98. The van der Waals surface area contributed by atoms with Crippen LogP contribution in [0.5, 0.6) is 0 Å². The third-order valence-corrected chi connectivity index (χ3v) is 6.46. The summed E-state index contributed by atoms with van der Waals surface area (Å²) in [7, 11) is -3.51. The van der Waals surface area contributed by atoms with E-state index in [1.54, 1.807) is 25.1 Å². The highest BCUT2D eigenvalue weighted by molar-refractivity contribution is 7.89. The maximum Gasteiger partial charge on any atom is 0.243 e. The van der Waals surface area contributed by atoms with Crippen molar-refractivity contribution in [3.05, 3.63) is 40.9 Å². The molecule has 0 amide bonds. The molecule has 1 aromatic heterocycles. The number of H-pyrrole nitrogens is 1. The molecule has 1 aliphatic heterocycles. The Morgan fingerprint density at radius 2 is 2.00 bits per heavy atom. The smallest absolute Gasteiger partial charge is 0.243 e. The molecule has 7 nitrogen and oxygen atoms in total. The molecule has 2 aromatic rings. The molecule has 124 valence electrons. The molecule has 0 unspecified atom stereocenters. The summed E-state index contributed by atoms with van der Waals surface area (Å²) < 4.78 is 27.1. The molecular weight excluding hydrogens is 338 g/mol. The van der Waals surface area contributed by atoms with Crippen molar-refractivity contribution in [3.63, 3.8) is 0 Å². The van der Waals surface area contributed by atoms with E-state index in [9.17, 15) is 8.42 Å². The van der Waals surface area contributed by atoms with E-state index in [1.165, 1.54) is 10.6 Å². The first-order valence-corrected chi connectivity index (χ1v) is 9.12. The van der Waals surface area contributed by atoms with Crippen LogP contribution >= 0.6 is 11.6 Å². The fourth-order valence-corrected chi connectivity index (χ4v) is 4.55. The lowest BCUT2D eigenvalue weighted by Crippen LogP contribution is -2.48. The topological polar surface area (TPSA) is 82.2 Å². The van der Waals surface area contributed by atoms with Crippen molar-refractivity contribution in [1.29, 1.82) is 0 Å². The van der Waals surface area contributed by atoms with E-state index in [-0.39, 0.29) is 4.90 Å². The van der Waals surface area contributed by atoms with Crippen LogP contribution in [0.3, 0.4) is 0 Å². The molecule has 23 heavy (non-hydrogen) atoms. The van der Waals surface area contributed by atoms with E-state index in [1.807, 2.05) is 0 Å². The van der Waals surface area contributed by atoms with Gasteiger partial charge in [-0.15, -0.1) is 0 Å². The summed E-state index contributed by atoms with van der Waals surface area (Å²) in [6.45, 7) is 4.57. The lowest BCUT2D eigenvalue weighted by atomic mass is 10.2. The number of nitrogens with one attached hydrogen (secondary N) is 1. The van der Waals surface area contributed by atoms with E-state index >= 15 is 0 Å². The van der Waals surface area contributed by atoms with E-state index < -0.39 is 10.0 Å². The van der Waals surface area contributed by atoms with Gasteiger partial charge in [-0.3, -0.25) is 10.00 Å². The molecule has 0 atom stereocenters. The summed E-state index contributed by atoms with van der Waals surface area (Å²) in [5.74, 6) is 0.784. The standard InChI is InChI=1S/C14H18ClN5O2S/c1-11-12(15)3-2-4-13(11)23(21,22)20-7-5-19(6-8-20)9-14-16-10-17-18-14/h2-4,10H,5-9H2,1H3,(H,16,17,18). The van der Waals surface area contributed by atoms with Gasteiger partial charge in [0.25, 0.3) is 0 Å². The van der Waals surface area contributed by atoms with Crippen LogP contribution in [0.15, 0.2) is 29.4 Å². The maximum absolute atomic E-state index is 12.8. The number of nitrogens with zero attached hydrogens (tertiary/aromatic N) is 4. The first-order valence-electron chi connectivity index (χ1n) is 7.30. The highest BCUT2D eigenvalue weighted by Crippen LogP contribution is 2.26. The van der Waals surface area contributed by atoms with Crippen LogP contribution in [0.1, 0.15) is 11.4 Å². The van der Waals surface area contributed by atoms with Gasteiger partial charge in [0.15, 0.2) is 0 Å². The van der Waals surface area contributed by atoms with Crippen LogP contribution in [-0.4, -0.2) is 59.0 Å². The minimum absolute atomic E-state index is 0.286. The first kappa shape index (κ1) is 16.4. The Morgan fingerprint density at radius 3 is 2.65 bits per heavy atom. The van der Waals surface area contributed by atoms with Gasteiger partial charge in [0.05, 0.1) is 11.4 Å². The summed E-state index contributed by atoms with van der Waals surface area (Å²) in [6.07, 6.45) is 1.47. The molecule has 9 heteroatoms. The molecule has 3 rings (SSSR count). The predicted molar refractivity (Wildman–Crippen MR) is 86.6 cm³/mol. The Balaban J connectivity index is 1.70. The number of aromatic nitrogens is 3. The summed E-state index contributed by atoms with van der Waals surface area (Å²) >= 11 is 6.05. The van der Waals surface area contributed by atoms with Crippen LogP contribution in [0.4, 0.5) is 0 Å². The molecule has 0 radical (unpaired) electrons. The SMILES string of the molecule is Cc1c(Cl)cccc1S(=O)(=O)N1CCN(Cc2ncn[nH]2)CC1. The third-order valence-electron chi connectivity index (χ3n) is 4.01. The van der Waals surface area contributed by atoms with Crippen molar-refractivity contribution < 1.29 is 8.42 Å². The van der Waals surface area contributed by atoms with Crippen molar-refractivity contribution in [2.45, 2.75) is 18.4 Å². The van der Waals surface area contributed by atoms with Crippen molar-refractivity contribution in [3.8, 4) is 0 Å². The Bertz CT molecular complexity index is 770. The van der Waals surface area contributed by atoms with Gasteiger partial charge in [0, 0.05) is 31.2 Å². The Labute approximate surface area is 140 Å². The summed E-state index contributed by atoms with van der Waals surface area (Å²) in [5, 5.41) is 7.10. The van der Waals surface area contributed by atoms with E-state index in [2.05, 4.69) is 20.1 Å². The van der Waals surface area contributed by atoms with Gasteiger partial charge < -0.3 is 0 Å². The molecule has 0 aliphatic carbocycles. The third kappa shape index (κ3) is 3.40. The minimum Gasteiger partial charge on any atom is -0.293 e. The largest absolute Gasteiger partial charge is 0.293 e. The van der Waals surface area contributed by atoms with E-state index in [0.717, 1.165) is 5.82 Å². The van der Waals surface area contributed by atoms with Gasteiger partial charge in [-0.1, -0.05) is 17.7 Å². The number of hydrogen-bond acceptors (Lipinski definition) is 5. The fraction of sp³-hybridized carbons (Fsp3) is 0.429. The number of hydrogen-bond donors (Lipinski definition) is 1. The molecule has 2 heterocycles. The Kier molecular flexibility index (Phi) is 4.67. The van der Waals surface area contributed by atoms with Crippen molar-refractivity contribution in [2.75, 3.05) is 26.2 Å². The lowest BCUT2D eigenvalue weighted by Gasteiger charge is -2.33. The molecule has 1 aromatic carbocycles. The van der Waals surface area contributed by atoms with Gasteiger partial charge in [0.1, 0.15) is 12.2 Å². The van der Waals surface area contributed by atoms with Crippen molar-refractivity contribution >= 4 is 21.6 Å². The predicted octanol–water partition coefficient (Wildman–Crippen LogP) is 1.27. The molecule has 0 saturated carbocycles. The van der Waals surface area contributed by atoms with E-state index in [4.69, 9.17) is 11.6 Å². The fourth-order valence-electron chi connectivity index (χ4n) is 2.65. The normalized spacial score (nSPS) is 17.5. The molecular formula is C14H18ClN5O2S. The molecule has 0 spiro atoms. The quantitative estimate of drug-likeness (QED) is 0.893. The average Bonchev–Trinajstić information content (AvgIpc) is 3.03. The maximum atomic E-state index is 12.8. The second-order valence-corrected chi connectivity index (χ2v) is 7.79. The van der Waals surface area contributed by atoms with Gasteiger partial charge in [-0.05, 0) is 24.6 Å². The lowest BCUT2D eigenvalue weighted by molar-refractivity contribution is 0.178. The highest BCUT2D eigenvalue weighted by Gasteiger charge is 2.30. The average molecular weight is 356 g/mol. The second-order valence-electron chi connectivity index (χ2n) is 5.48. The van der Waals surface area contributed by atoms with Gasteiger partial charge >= 0.3 is 0 Å². The monoisotopic (exact) mass is 355 g/mol. The zero-order valence-electron chi connectivity index (χ0n) is 12.7. The van der Waals surface area contributed by atoms with Crippen molar-refractivity contribution in [1.82, 2.24) is 24.4 Å². The van der Waals surface area contributed by atoms with Crippen molar-refractivity contribution in [2.24, 2.45) is 0 Å². The molecule has 0 bridgehead atoms. The molecule has 1 N–H and O–H groups in total. The van der Waals surface area contributed by atoms with Gasteiger partial charge in [0.2, 0.25) is 10.0 Å². The number of benzene rings is 1. The number of piperazine rings is 1. The zero-order valence-corrected chi connectivity index (χ0v) is 14.3. The Hall–Kier alpha value is -1.48.